The first-order chi connectivity index (χ1) is 11.7. The van der Waals surface area contributed by atoms with Crippen molar-refractivity contribution in [2.45, 2.75) is 33.2 Å². The van der Waals surface area contributed by atoms with Crippen LogP contribution in [0.25, 0.3) is 0 Å². The zero-order valence-electron chi connectivity index (χ0n) is 14.4. The third kappa shape index (κ3) is 6.43. The van der Waals surface area contributed by atoms with E-state index in [1.54, 1.807) is 6.92 Å². The molecule has 1 aromatic carbocycles. The number of halogens is 1. The first kappa shape index (κ1) is 19.3. The largest absolute Gasteiger partial charge is 0.492 e. The second-order valence-corrected chi connectivity index (χ2v) is 7.95. The van der Waals surface area contributed by atoms with E-state index >= 15 is 0 Å². The monoisotopic (exact) mass is 371 g/mol. The van der Waals surface area contributed by atoms with Crippen molar-refractivity contribution in [3.05, 3.63) is 41.9 Å². The summed E-state index contributed by atoms with van der Waals surface area (Å²) in [5.41, 5.74) is 0. The first-order valence-corrected chi connectivity index (χ1v) is 9.59. The van der Waals surface area contributed by atoms with E-state index in [0.29, 0.717) is 18.1 Å². The number of benzene rings is 1. The quantitative estimate of drug-likeness (QED) is 0.728. The van der Waals surface area contributed by atoms with Gasteiger partial charge in [-0.05, 0) is 36.6 Å². The Balaban J connectivity index is 1.95. The molecule has 1 aromatic heterocycles. The van der Waals surface area contributed by atoms with Gasteiger partial charge in [-0.2, -0.15) is 0 Å². The van der Waals surface area contributed by atoms with Crippen LogP contribution in [-0.2, 0) is 10.0 Å². The Hall–Kier alpha value is -2.00. The molecule has 0 bridgehead atoms. The van der Waals surface area contributed by atoms with Crippen LogP contribution in [0, 0.1) is 18.7 Å². The summed E-state index contributed by atoms with van der Waals surface area (Å²) in [6.45, 7) is 5.54. The molecule has 0 spiro atoms. The van der Waals surface area contributed by atoms with Crippen molar-refractivity contribution in [2.24, 2.45) is 5.92 Å². The molecule has 7 nitrogen and oxygen atoms in total. The zero-order valence-corrected chi connectivity index (χ0v) is 15.2. The molecule has 0 aliphatic rings. The van der Waals surface area contributed by atoms with Gasteiger partial charge in [-0.15, -0.1) is 10.2 Å². The lowest BCUT2D eigenvalue weighted by atomic mass is 10.0. The molecular formula is C16H22FN3O4S. The predicted molar refractivity (Wildman–Crippen MR) is 90.0 cm³/mol. The van der Waals surface area contributed by atoms with E-state index in [2.05, 4.69) is 14.9 Å². The number of nitrogens with zero attached hydrogens (tertiary/aromatic N) is 2. The van der Waals surface area contributed by atoms with Crippen molar-refractivity contribution in [2.75, 3.05) is 12.4 Å². The van der Waals surface area contributed by atoms with Gasteiger partial charge in [0.15, 0.2) is 0 Å². The maximum atomic E-state index is 12.8. The minimum absolute atomic E-state index is 0.0573. The summed E-state index contributed by atoms with van der Waals surface area (Å²) in [5.74, 6) is 0.634. The van der Waals surface area contributed by atoms with Crippen LogP contribution in [0.15, 0.2) is 28.7 Å². The van der Waals surface area contributed by atoms with Crippen molar-refractivity contribution >= 4 is 10.0 Å². The molecule has 0 fully saturated rings. The summed E-state index contributed by atoms with van der Waals surface area (Å²) < 4.78 is 50.7. The Bertz CT molecular complexity index is 775. The molecule has 25 heavy (non-hydrogen) atoms. The van der Waals surface area contributed by atoms with Gasteiger partial charge in [-0.25, -0.2) is 17.5 Å². The summed E-state index contributed by atoms with van der Waals surface area (Å²) in [7, 11) is -3.62. The highest BCUT2D eigenvalue weighted by Crippen LogP contribution is 2.21. The molecule has 1 N–H and O–H groups in total. The second-order valence-electron chi connectivity index (χ2n) is 6.08. The Morgan fingerprint density at radius 1 is 1.24 bits per heavy atom. The molecule has 0 amide bonds. The zero-order chi connectivity index (χ0) is 18.4. The van der Waals surface area contributed by atoms with Crippen LogP contribution in [0.5, 0.6) is 5.75 Å². The molecule has 138 valence electrons. The molecule has 2 rings (SSSR count). The van der Waals surface area contributed by atoms with E-state index in [-0.39, 0.29) is 30.0 Å². The van der Waals surface area contributed by atoms with E-state index in [1.807, 2.05) is 13.8 Å². The summed E-state index contributed by atoms with van der Waals surface area (Å²) in [5, 5.41) is 7.66. The van der Waals surface area contributed by atoms with Crippen LogP contribution in [0.4, 0.5) is 4.39 Å². The molecule has 0 saturated carbocycles. The van der Waals surface area contributed by atoms with Gasteiger partial charge in [0.1, 0.15) is 24.2 Å². The van der Waals surface area contributed by atoms with Crippen molar-refractivity contribution < 1.29 is 22.0 Å². The number of aromatic nitrogens is 2. The maximum Gasteiger partial charge on any atom is 0.234 e. The van der Waals surface area contributed by atoms with E-state index in [0.717, 1.165) is 0 Å². The third-order valence-electron chi connectivity index (χ3n) is 3.30. The van der Waals surface area contributed by atoms with Crippen LogP contribution in [0.2, 0.25) is 0 Å². The molecule has 1 heterocycles. The number of hydrogen-bond acceptors (Lipinski definition) is 6. The van der Waals surface area contributed by atoms with Crippen LogP contribution in [0.1, 0.15) is 38.1 Å². The fraction of sp³-hybridized carbons (Fsp3) is 0.500. The van der Waals surface area contributed by atoms with Crippen LogP contribution >= 0.6 is 0 Å². The van der Waals surface area contributed by atoms with Crippen LogP contribution in [-0.4, -0.2) is 31.0 Å². The second kappa shape index (κ2) is 8.39. The molecule has 0 radical (unpaired) electrons. The highest BCUT2D eigenvalue weighted by atomic mass is 32.2. The van der Waals surface area contributed by atoms with Gasteiger partial charge >= 0.3 is 0 Å². The summed E-state index contributed by atoms with van der Waals surface area (Å²) in [6, 6.07) is 4.80. The van der Waals surface area contributed by atoms with Gasteiger partial charge < -0.3 is 9.15 Å². The normalized spacial score (nSPS) is 13.2. The Labute approximate surface area is 146 Å². The average molecular weight is 371 g/mol. The Morgan fingerprint density at radius 3 is 2.48 bits per heavy atom. The molecule has 0 aliphatic heterocycles. The van der Waals surface area contributed by atoms with Gasteiger partial charge in [0.2, 0.25) is 21.8 Å². The number of aryl methyl sites for hydroxylation is 1. The number of nitrogens with one attached hydrogen (secondary N) is 1. The minimum atomic E-state index is -3.62. The van der Waals surface area contributed by atoms with Gasteiger partial charge in [0.25, 0.3) is 0 Å². The van der Waals surface area contributed by atoms with Gasteiger partial charge in [0.05, 0.1) is 5.75 Å². The Morgan fingerprint density at radius 2 is 1.92 bits per heavy atom. The van der Waals surface area contributed by atoms with Gasteiger partial charge in [0, 0.05) is 6.92 Å². The molecule has 1 unspecified atom stereocenters. The SMILES string of the molecule is Cc1nnc(C(CC(C)C)NS(=O)(=O)CCOc2ccc(F)cc2)o1. The van der Waals surface area contributed by atoms with E-state index in [4.69, 9.17) is 9.15 Å². The number of rotatable bonds is 9. The fourth-order valence-electron chi connectivity index (χ4n) is 2.20. The topological polar surface area (TPSA) is 94.3 Å². The van der Waals surface area contributed by atoms with Gasteiger partial charge in [-0.1, -0.05) is 13.8 Å². The summed E-state index contributed by atoms with van der Waals surface area (Å²) >= 11 is 0. The lowest BCUT2D eigenvalue weighted by Crippen LogP contribution is -2.33. The summed E-state index contributed by atoms with van der Waals surface area (Å²) in [4.78, 5) is 0. The predicted octanol–water partition coefficient (Wildman–Crippen LogP) is 2.60. The number of ether oxygens (including phenoxy) is 1. The fourth-order valence-corrected chi connectivity index (χ4v) is 3.25. The molecule has 0 aliphatic carbocycles. The van der Waals surface area contributed by atoms with Crippen molar-refractivity contribution in [1.82, 2.24) is 14.9 Å². The van der Waals surface area contributed by atoms with Crippen molar-refractivity contribution in [3.63, 3.8) is 0 Å². The molecule has 2 aromatic rings. The number of sulfonamides is 1. The molecule has 9 heteroatoms. The maximum absolute atomic E-state index is 12.8. The smallest absolute Gasteiger partial charge is 0.234 e. The number of hydrogen-bond donors (Lipinski definition) is 1. The lowest BCUT2D eigenvalue weighted by Gasteiger charge is -2.17. The van der Waals surface area contributed by atoms with E-state index in [9.17, 15) is 12.8 Å². The Kier molecular flexibility index (Phi) is 6.49. The molecular weight excluding hydrogens is 349 g/mol. The molecule has 0 saturated heterocycles. The van der Waals surface area contributed by atoms with Crippen molar-refractivity contribution in [3.8, 4) is 5.75 Å². The third-order valence-corrected chi connectivity index (χ3v) is 4.65. The van der Waals surface area contributed by atoms with E-state index in [1.165, 1.54) is 24.3 Å². The minimum Gasteiger partial charge on any atom is -0.492 e. The highest BCUT2D eigenvalue weighted by Gasteiger charge is 2.25. The summed E-state index contributed by atoms with van der Waals surface area (Å²) in [6.07, 6.45) is 0.527. The van der Waals surface area contributed by atoms with Gasteiger partial charge in [-0.3, -0.25) is 0 Å². The standard InChI is InChI=1S/C16H22FN3O4S/c1-11(2)10-15(16-19-18-12(3)24-16)20-25(21,22)9-8-23-14-6-4-13(17)5-7-14/h4-7,11,15,20H,8-10H2,1-3H3. The van der Waals surface area contributed by atoms with Crippen LogP contribution in [0.3, 0.4) is 0 Å². The van der Waals surface area contributed by atoms with Crippen molar-refractivity contribution in [1.29, 1.82) is 0 Å². The van der Waals surface area contributed by atoms with Crippen LogP contribution < -0.4 is 9.46 Å². The lowest BCUT2D eigenvalue weighted by molar-refractivity contribution is 0.337. The first-order valence-electron chi connectivity index (χ1n) is 7.93. The van der Waals surface area contributed by atoms with E-state index < -0.39 is 16.1 Å². The highest BCUT2D eigenvalue weighted by molar-refractivity contribution is 7.89. The average Bonchev–Trinajstić information content (AvgIpc) is 2.94. The molecule has 1 atom stereocenters.